The van der Waals surface area contributed by atoms with E-state index in [9.17, 15) is 58.8 Å². The normalized spacial score (nSPS) is 19.4. The Morgan fingerprint density at radius 3 is 2.11 bits per heavy atom. The molecule has 5 amide bonds. The van der Waals surface area contributed by atoms with Crippen molar-refractivity contribution in [3.8, 4) is 0 Å². The van der Waals surface area contributed by atoms with E-state index in [0.717, 1.165) is 16.7 Å². The molecule has 2 rings (SSSR count). The largest absolute Gasteiger partial charge is 0.480 e. The molecule has 0 aromatic rings. The van der Waals surface area contributed by atoms with Gasteiger partial charge in [0.2, 0.25) is 23.6 Å². The Kier molecular flexibility index (Phi) is 18.9. The molecule has 1 fully saturated rings. The molecule has 314 valence electrons. The van der Waals surface area contributed by atoms with Gasteiger partial charge in [-0.05, 0) is 32.6 Å². The molecule has 0 aromatic carbocycles. The SMILES string of the molecule is CC(N)C(=O)NC(CO)C(=O)NC(CO)C(=O)NC(CCCN=C(N)N)C(O)CC(=O)OCC1=C(C(=O)O)N2C(=O)C(NC(=O)CCCC(N)C(=O)O)C2SC1. The lowest BCUT2D eigenvalue weighted by atomic mass is 10.0. The van der Waals surface area contributed by atoms with Gasteiger partial charge in [0.05, 0.1) is 37.8 Å². The van der Waals surface area contributed by atoms with Crippen LogP contribution in [0.3, 0.4) is 0 Å². The quantitative estimate of drug-likeness (QED) is 0.0142. The number of ether oxygens (including phenoxy) is 1. The average Bonchev–Trinajstić information content (AvgIpc) is 3.13. The Balaban J connectivity index is 2.07. The third-order valence-corrected chi connectivity index (χ3v) is 9.73. The molecule has 0 bridgehead atoms. The number of fused-ring (bicyclic) bond motifs is 1. The molecule has 0 radical (unpaired) electrons. The number of nitrogens with zero attached hydrogens (tertiary/aromatic N) is 2. The van der Waals surface area contributed by atoms with Crippen molar-refractivity contribution in [1.82, 2.24) is 26.2 Å². The molecule has 0 aliphatic carbocycles. The third kappa shape index (κ3) is 13.9. The summed E-state index contributed by atoms with van der Waals surface area (Å²) in [7, 11) is 0. The van der Waals surface area contributed by atoms with Gasteiger partial charge in [0, 0.05) is 24.3 Å². The van der Waals surface area contributed by atoms with Gasteiger partial charge in [-0.2, -0.15) is 0 Å². The number of carboxylic acids is 2. The summed E-state index contributed by atoms with van der Waals surface area (Å²) in [5.74, 6) is -8.12. The highest BCUT2D eigenvalue weighted by molar-refractivity contribution is 8.00. The molecule has 0 spiro atoms. The summed E-state index contributed by atoms with van der Waals surface area (Å²) in [5.41, 5.74) is 21.2. The van der Waals surface area contributed by atoms with Crippen LogP contribution in [0.4, 0.5) is 0 Å². The lowest BCUT2D eigenvalue weighted by Crippen LogP contribution is -2.70. The lowest BCUT2D eigenvalue weighted by Gasteiger charge is -2.49. The van der Waals surface area contributed by atoms with Gasteiger partial charge < -0.3 is 74.5 Å². The third-order valence-electron chi connectivity index (χ3n) is 8.39. The zero-order valence-corrected chi connectivity index (χ0v) is 31.2. The minimum atomic E-state index is -1.64. The van der Waals surface area contributed by atoms with Gasteiger partial charge in [-0.15, -0.1) is 11.8 Å². The summed E-state index contributed by atoms with van der Waals surface area (Å²) >= 11 is 1.10. The van der Waals surface area contributed by atoms with Crippen LogP contribution in [0.25, 0.3) is 0 Å². The highest BCUT2D eigenvalue weighted by Crippen LogP contribution is 2.40. The molecule has 2 aliphatic heterocycles. The van der Waals surface area contributed by atoms with Crippen molar-refractivity contribution in [1.29, 1.82) is 0 Å². The number of aliphatic hydroxyl groups is 3. The van der Waals surface area contributed by atoms with Crippen LogP contribution in [-0.4, -0.2) is 164 Å². The van der Waals surface area contributed by atoms with Crippen molar-refractivity contribution in [2.75, 3.05) is 32.1 Å². The van der Waals surface area contributed by atoms with Gasteiger partial charge in [-0.3, -0.25) is 43.5 Å². The molecular weight excluding hydrogens is 768 g/mol. The van der Waals surface area contributed by atoms with E-state index in [2.05, 4.69) is 26.3 Å². The number of hydrogen-bond donors (Lipinski definition) is 13. The second kappa shape index (κ2) is 22.5. The number of guanidine groups is 1. The predicted molar refractivity (Wildman–Crippen MR) is 194 cm³/mol. The van der Waals surface area contributed by atoms with E-state index >= 15 is 0 Å². The van der Waals surface area contributed by atoms with Gasteiger partial charge in [0.25, 0.3) is 5.91 Å². The predicted octanol–water partition coefficient (Wildman–Crippen LogP) is -6.56. The van der Waals surface area contributed by atoms with Crippen molar-refractivity contribution in [3.05, 3.63) is 11.3 Å². The van der Waals surface area contributed by atoms with Crippen LogP contribution in [0.15, 0.2) is 16.3 Å². The van der Waals surface area contributed by atoms with Crippen LogP contribution in [-0.2, 0) is 43.1 Å². The number of β-lactam (4-membered cyclic amide) rings is 1. The maximum Gasteiger partial charge on any atom is 0.352 e. The van der Waals surface area contributed by atoms with E-state index < -0.39 is 127 Å². The Hall–Kier alpha value is -5.08. The Bertz CT molecular complexity index is 1540. The van der Waals surface area contributed by atoms with Crippen molar-refractivity contribution in [2.45, 2.75) is 93.2 Å². The van der Waals surface area contributed by atoms with E-state index in [1.165, 1.54) is 6.92 Å². The van der Waals surface area contributed by atoms with E-state index in [0.29, 0.717) is 0 Å². The fraction of sp³-hybridized carbons (Fsp3) is 0.645. The lowest BCUT2D eigenvalue weighted by molar-refractivity contribution is -0.151. The molecule has 1 saturated heterocycles. The molecule has 0 aromatic heterocycles. The van der Waals surface area contributed by atoms with Crippen molar-refractivity contribution in [3.63, 3.8) is 0 Å². The number of carbonyl (C=O) groups excluding carboxylic acids is 6. The second-order valence-corrected chi connectivity index (χ2v) is 13.9. The summed E-state index contributed by atoms with van der Waals surface area (Å²) in [6, 6.07) is -7.61. The van der Waals surface area contributed by atoms with Crippen LogP contribution in [0.1, 0.15) is 45.4 Å². The number of hydrogen-bond acceptors (Lipinski definition) is 16. The summed E-state index contributed by atoms with van der Waals surface area (Å²) in [6.07, 6.45) is -2.20. The summed E-state index contributed by atoms with van der Waals surface area (Å²) in [5, 5.41) is 57.7. The highest BCUT2D eigenvalue weighted by Gasteiger charge is 2.54. The van der Waals surface area contributed by atoms with E-state index in [4.69, 9.17) is 32.8 Å². The van der Waals surface area contributed by atoms with E-state index in [1.54, 1.807) is 0 Å². The number of aliphatic carboxylic acids is 2. The van der Waals surface area contributed by atoms with Crippen molar-refractivity contribution in [2.24, 2.45) is 27.9 Å². The summed E-state index contributed by atoms with van der Waals surface area (Å²) in [6.45, 7) is -1.03. The molecule has 8 unspecified atom stereocenters. The molecule has 2 aliphatic rings. The van der Waals surface area contributed by atoms with Gasteiger partial charge in [0.15, 0.2) is 5.96 Å². The fourth-order valence-corrected chi connectivity index (χ4v) is 6.64. The Morgan fingerprint density at radius 2 is 1.55 bits per heavy atom. The van der Waals surface area contributed by atoms with Gasteiger partial charge in [-0.1, -0.05) is 0 Å². The number of nitrogens with two attached hydrogens (primary N) is 4. The first kappa shape index (κ1) is 47.1. The Labute approximate surface area is 324 Å². The van der Waals surface area contributed by atoms with Gasteiger partial charge in [-0.25, -0.2) is 4.79 Å². The number of nitrogens with one attached hydrogen (secondary N) is 4. The van der Waals surface area contributed by atoms with Crippen LogP contribution >= 0.6 is 11.8 Å². The molecule has 24 nitrogen and oxygen atoms in total. The van der Waals surface area contributed by atoms with E-state index in [-0.39, 0.29) is 55.9 Å². The number of carboxylic acid groups (broad SMARTS) is 2. The summed E-state index contributed by atoms with van der Waals surface area (Å²) < 4.78 is 5.24. The number of esters is 1. The first-order valence-electron chi connectivity index (χ1n) is 17.3. The minimum absolute atomic E-state index is 0.0183. The van der Waals surface area contributed by atoms with E-state index in [1.807, 2.05) is 0 Å². The maximum absolute atomic E-state index is 13.1. The van der Waals surface area contributed by atoms with Gasteiger partial charge in [0.1, 0.15) is 41.8 Å². The maximum atomic E-state index is 13.1. The molecule has 0 saturated carbocycles. The van der Waals surface area contributed by atoms with Crippen LogP contribution < -0.4 is 44.2 Å². The van der Waals surface area contributed by atoms with Crippen LogP contribution in [0.5, 0.6) is 0 Å². The highest BCUT2D eigenvalue weighted by atomic mass is 32.2. The molecule has 56 heavy (non-hydrogen) atoms. The molecule has 2 heterocycles. The van der Waals surface area contributed by atoms with Gasteiger partial charge >= 0.3 is 17.9 Å². The fourth-order valence-electron chi connectivity index (χ4n) is 5.31. The molecule has 25 heteroatoms. The smallest absolute Gasteiger partial charge is 0.352 e. The number of aliphatic imine (C=N–C) groups is 1. The molecular formula is C31H50N10O14S. The standard InChI is InChI=1S/C31H50N10O14S/c1-13(32)24(47)38-17(9-42)26(49)39-18(10-43)25(48)37-16(5-3-7-36-31(34)35)19(44)8-21(46)55-11-14-12-56-28-22(27(50)41(28)23(14)30(53)54)40-20(45)6-2-4-15(33)29(51)52/h13,15-19,22,28,42-44H,2-12,32-33H2,1H3,(H,37,48)(H,38,47)(H,39,49)(H,40,45)(H,51,52)(H,53,54)(H4,34,35,36). The first-order valence-corrected chi connectivity index (χ1v) is 18.3. The average molecular weight is 819 g/mol. The molecule has 8 atom stereocenters. The summed E-state index contributed by atoms with van der Waals surface area (Å²) in [4.78, 5) is 104. The van der Waals surface area contributed by atoms with Crippen LogP contribution in [0, 0.1) is 0 Å². The second-order valence-electron chi connectivity index (χ2n) is 12.8. The number of aliphatic hydroxyl groups excluding tert-OH is 3. The number of thioether (sulfide) groups is 1. The monoisotopic (exact) mass is 818 g/mol. The number of rotatable bonds is 24. The zero-order chi connectivity index (χ0) is 42.3. The zero-order valence-electron chi connectivity index (χ0n) is 30.4. The molecule has 17 N–H and O–H groups in total. The van der Waals surface area contributed by atoms with Crippen molar-refractivity contribution >= 4 is 65.2 Å². The number of carbonyl (C=O) groups is 8. The number of amides is 5. The van der Waals surface area contributed by atoms with Crippen LogP contribution in [0.2, 0.25) is 0 Å². The topological polar surface area (TPSA) is 415 Å². The van der Waals surface area contributed by atoms with Crippen molar-refractivity contribution < 1.29 is 68.6 Å². The minimum Gasteiger partial charge on any atom is -0.480 e. The first-order chi connectivity index (χ1) is 26.3. The Morgan fingerprint density at radius 1 is 0.946 bits per heavy atom.